The number of nitrogens with one attached hydrogen (secondary N) is 3. The van der Waals surface area contributed by atoms with E-state index in [4.69, 9.17) is 27.9 Å². The molecular weight excluding hydrogens is 1300 g/mol. The second-order valence-corrected chi connectivity index (χ2v) is 27.0. The molecule has 0 aromatic heterocycles. The molecular formula is C70H75F7N12O4S3. The Bertz CT molecular complexity index is 3920. The lowest BCUT2D eigenvalue weighted by atomic mass is 9.97. The molecule has 0 saturated carbocycles. The van der Waals surface area contributed by atoms with Crippen LogP contribution in [0.4, 0.5) is 30.7 Å². The maximum atomic E-state index is 14.7. The van der Waals surface area contributed by atoms with Gasteiger partial charge in [0.25, 0.3) is 0 Å². The van der Waals surface area contributed by atoms with Gasteiger partial charge < -0.3 is 15.9 Å². The van der Waals surface area contributed by atoms with Crippen molar-refractivity contribution in [3.05, 3.63) is 225 Å². The van der Waals surface area contributed by atoms with Crippen molar-refractivity contribution in [3.8, 4) is 0 Å². The Balaban J connectivity index is 0.000000204. The first-order valence-corrected chi connectivity index (χ1v) is 33.4. The van der Waals surface area contributed by atoms with Gasteiger partial charge in [-0.05, 0) is 110 Å². The summed E-state index contributed by atoms with van der Waals surface area (Å²) in [5.41, 5.74) is 10.3. The van der Waals surface area contributed by atoms with Gasteiger partial charge in [-0.15, -0.1) is 0 Å². The lowest BCUT2D eigenvalue weighted by molar-refractivity contribution is -0.140. The maximum Gasteiger partial charge on any atom is 0.247 e. The summed E-state index contributed by atoms with van der Waals surface area (Å²) in [6.45, 7) is 18.9. The van der Waals surface area contributed by atoms with Gasteiger partial charge in [0.1, 0.15) is 78.9 Å². The molecule has 3 heterocycles. The van der Waals surface area contributed by atoms with E-state index in [1.807, 2.05) is 85.8 Å². The third-order valence-electron chi connectivity index (χ3n) is 15.1. The second kappa shape index (κ2) is 34.3. The number of halogens is 7. The summed E-state index contributed by atoms with van der Waals surface area (Å²) >= 11 is 3.58. The quantitative estimate of drug-likeness (QED) is 0.0113. The summed E-state index contributed by atoms with van der Waals surface area (Å²) in [6, 6.07) is 37.4. The number of unbranched alkanes of at least 4 members (excludes halogenated alkanes) is 1. The highest BCUT2D eigenvalue weighted by Gasteiger charge is 2.52. The molecule has 3 aliphatic rings. The van der Waals surface area contributed by atoms with Gasteiger partial charge >= 0.3 is 0 Å². The smallest absolute Gasteiger partial charge is 0.247 e. The molecule has 2 unspecified atom stereocenters. The molecule has 16 nitrogen and oxygen atoms in total. The van der Waals surface area contributed by atoms with E-state index in [-0.39, 0.29) is 86.1 Å². The largest absolute Gasteiger partial charge is 0.386 e. The number of hydrogen-bond acceptors (Lipinski definition) is 13. The monoisotopic (exact) mass is 1380 g/mol. The minimum absolute atomic E-state index is 0.00793. The van der Waals surface area contributed by atoms with E-state index in [2.05, 4.69) is 30.7 Å². The summed E-state index contributed by atoms with van der Waals surface area (Å²) in [6.07, 6.45) is 3.63. The van der Waals surface area contributed by atoms with Gasteiger partial charge in [-0.2, -0.15) is 26.8 Å². The number of alkyl halides is 1. The van der Waals surface area contributed by atoms with Crippen LogP contribution in [-0.2, 0) is 33.7 Å². The number of ether oxygens (including phenoxy) is 1. The van der Waals surface area contributed by atoms with Crippen LogP contribution >= 0.6 is 35.3 Å². The first-order chi connectivity index (χ1) is 45.8. The number of benzene rings is 6. The van der Waals surface area contributed by atoms with Crippen molar-refractivity contribution >= 4 is 85.5 Å². The zero-order chi connectivity index (χ0) is 69.9. The number of nitrogens with two attached hydrogens (primary N) is 1. The molecule has 0 spiro atoms. The molecule has 3 amide bonds. The van der Waals surface area contributed by atoms with Crippen molar-refractivity contribution in [2.45, 2.75) is 108 Å². The number of nitrogens with zero attached hydrogens (tertiary/aromatic N) is 8. The number of hydrogen-bond donors (Lipinski definition) is 4. The van der Waals surface area contributed by atoms with Crippen LogP contribution in [0.25, 0.3) is 4.95 Å². The van der Waals surface area contributed by atoms with Crippen LogP contribution < -0.4 is 11.2 Å². The van der Waals surface area contributed by atoms with E-state index in [9.17, 15) is 45.1 Å². The fraction of sp³-hybridized carbons (Fsp3) is 0.343. The molecule has 9 rings (SSSR count). The van der Waals surface area contributed by atoms with Gasteiger partial charge in [0.2, 0.25) is 17.7 Å². The van der Waals surface area contributed by atoms with Gasteiger partial charge in [0.05, 0.1) is 6.61 Å². The maximum absolute atomic E-state index is 14.7. The van der Waals surface area contributed by atoms with E-state index in [1.54, 1.807) is 53.7 Å². The van der Waals surface area contributed by atoms with Gasteiger partial charge in [-0.3, -0.25) is 24.8 Å². The second-order valence-electron chi connectivity index (χ2n) is 23.2. The van der Waals surface area contributed by atoms with E-state index in [1.165, 1.54) is 38.6 Å². The standard InChI is InChI=1S/C25H27F2N5OS.C24H26F3N3OS.C21H22F2N4O2S/c1-5-22(30-28-4)29-15-9-14-25(18-10-7-6-8-11-18)32(24(33)17(2)3)31-23(34-25)20-16-19(26)12-13-21(20)27;1-16(2)23(31)30-24(17-8-4-3-5-9-17,13-7-6-10-19(28)15-25)32-22(29-30)20-14-18(26)11-12-21(20)27;1-13(2)20(28)27-21(12-29-11-18(24)25,14-6-4-3-5-7-14)30-19(26-27)16-10-15(22)8-9-17(16)23/h6-8,10-13,16-17H,5,9,14-15H2,1-3H3,(H,29,30);3-5,8-9,11-12,14,16,28H,6-7,10,13,15H2,1-2H3;3-10,13H,11-12H2,1-2H3,(H3,24,25)/t;24-;/m.0./s1. The zero-order valence-electron chi connectivity index (χ0n) is 54.0. The molecule has 506 valence electrons. The lowest BCUT2D eigenvalue weighted by Crippen LogP contribution is -2.46. The summed E-state index contributed by atoms with van der Waals surface area (Å²) in [7, 11) is 0. The highest BCUT2D eigenvalue weighted by atomic mass is 32.2. The summed E-state index contributed by atoms with van der Waals surface area (Å²) in [5.74, 6) is -5.07. The lowest BCUT2D eigenvalue weighted by Gasteiger charge is -2.37. The van der Waals surface area contributed by atoms with Crippen molar-refractivity contribution in [2.24, 2.45) is 43.8 Å². The van der Waals surface area contributed by atoms with Crippen molar-refractivity contribution in [1.82, 2.24) is 20.5 Å². The Kier molecular flexibility index (Phi) is 26.7. The Morgan fingerprint density at radius 1 is 0.583 bits per heavy atom. The van der Waals surface area contributed by atoms with Crippen LogP contribution in [-0.4, -0.2) is 91.7 Å². The summed E-state index contributed by atoms with van der Waals surface area (Å²) in [5, 5.41) is 33.1. The fourth-order valence-corrected chi connectivity index (χ4v) is 14.4. The predicted octanol–water partition coefficient (Wildman–Crippen LogP) is 15.6. The predicted molar refractivity (Wildman–Crippen MR) is 367 cm³/mol. The van der Waals surface area contributed by atoms with Gasteiger partial charge in [-0.25, -0.2) is 45.8 Å². The first kappa shape index (κ1) is 74.8. The molecule has 6 aromatic rings. The number of amidine groups is 2. The van der Waals surface area contributed by atoms with E-state index in [0.29, 0.717) is 62.9 Å². The first-order valence-electron chi connectivity index (χ1n) is 30.9. The van der Waals surface area contributed by atoms with Crippen molar-refractivity contribution in [1.29, 1.82) is 10.8 Å². The SMILES string of the molecule is CC(C)C(=O)N1N=C(c2cc(F)ccc2F)SC1(COCC(=N)N)c1ccccc1.CC(C)C(=O)N1N=C(c2cc(F)ccc2F)S[C@@]1(CCCCC(=N)CF)c1ccccc1.[C-]#[N+]NC(CC)=NCCCC1(c2ccccc2)SC(c2cc(F)ccc2F)=NN1C(=O)C(C)C. The third-order valence-corrected chi connectivity index (χ3v) is 19.4. The average Bonchev–Trinajstić information content (AvgIpc) is 1.60. The van der Waals surface area contributed by atoms with Crippen LogP contribution in [0, 0.1) is 70.0 Å². The van der Waals surface area contributed by atoms with Crippen molar-refractivity contribution < 1.29 is 49.9 Å². The molecule has 26 heteroatoms. The van der Waals surface area contributed by atoms with Crippen LogP contribution in [0.2, 0.25) is 0 Å². The highest BCUT2D eigenvalue weighted by molar-refractivity contribution is 8.16. The van der Waals surface area contributed by atoms with Crippen LogP contribution in [0.1, 0.15) is 127 Å². The topological polar surface area (TPSA) is 210 Å². The fourth-order valence-electron chi connectivity index (χ4n) is 10.2. The molecule has 96 heavy (non-hydrogen) atoms. The minimum Gasteiger partial charge on any atom is -0.386 e. The Labute approximate surface area is 567 Å². The Hall–Kier alpha value is -8.64. The number of amides is 3. The van der Waals surface area contributed by atoms with Gasteiger partial charge in [0.15, 0.2) is 10.7 Å². The van der Waals surface area contributed by atoms with Gasteiger partial charge in [-0.1, -0.05) is 180 Å². The molecule has 0 aliphatic carbocycles. The minimum atomic E-state index is -1.16. The molecule has 3 aliphatic heterocycles. The molecule has 6 aromatic carbocycles. The molecule has 0 fully saturated rings. The molecule has 5 N–H and O–H groups in total. The Morgan fingerprint density at radius 2 is 0.948 bits per heavy atom. The molecule has 3 atom stereocenters. The number of thioether (sulfide) groups is 3. The van der Waals surface area contributed by atoms with Crippen LogP contribution in [0.3, 0.4) is 0 Å². The van der Waals surface area contributed by atoms with E-state index in [0.717, 1.165) is 77.5 Å². The molecule has 0 radical (unpaired) electrons. The van der Waals surface area contributed by atoms with Gasteiger partial charge in [0, 0.05) is 53.1 Å². The van der Waals surface area contributed by atoms with Crippen molar-refractivity contribution in [2.75, 3.05) is 26.4 Å². The summed E-state index contributed by atoms with van der Waals surface area (Å²) < 4.78 is 104. The number of aliphatic imine (C=N–C) groups is 1. The van der Waals surface area contributed by atoms with E-state index < -0.39 is 62.1 Å². The highest BCUT2D eigenvalue weighted by Crippen LogP contribution is 2.54. The van der Waals surface area contributed by atoms with Crippen molar-refractivity contribution in [3.63, 3.8) is 0 Å². The normalized spacial score (nSPS) is 18.3. The average molecular weight is 1380 g/mol. The number of hydrazone groups is 3. The zero-order valence-corrected chi connectivity index (χ0v) is 56.5. The number of carbonyl (C=O) groups is 3. The molecule has 0 bridgehead atoms. The number of rotatable bonds is 24. The van der Waals surface area contributed by atoms with E-state index >= 15 is 0 Å². The third kappa shape index (κ3) is 18.1. The summed E-state index contributed by atoms with van der Waals surface area (Å²) in [4.78, 5) is 44.2. The Morgan fingerprint density at radius 3 is 1.30 bits per heavy atom. The van der Waals surface area contributed by atoms with Crippen LogP contribution in [0.15, 0.2) is 166 Å². The molecule has 0 saturated heterocycles. The number of carbonyl (C=O) groups excluding carboxylic acids is 3. The van der Waals surface area contributed by atoms with Crippen LogP contribution in [0.5, 0.6) is 0 Å².